The van der Waals surface area contributed by atoms with Gasteiger partial charge in [-0.2, -0.15) is 0 Å². The molecule has 0 radical (unpaired) electrons. The zero-order valence-corrected chi connectivity index (χ0v) is 20.2. The number of nitrogens with zero attached hydrogens (tertiary/aromatic N) is 3. The Hall–Kier alpha value is -1.85. The van der Waals surface area contributed by atoms with E-state index >= 15 is 0 Å². The van der Waals surface area contributed by atoms with E-state index in [9.17, 15) is 21.6 Å². The maximum Gasteiger partial charge on any atom is 0.247 e. The molecule has 31 heavy (non-hydrogen) atoms. The molecule has 0 spiro atoms. The standard InChI is InChI=1S/C19H21Cl2N3O5S2/c1-22(2)31(28,29)17-4-5-18-13(8-17)6-7-23(18)19(25)12-24(30(3,26)27)16-10-14(20)9-15(21)11-16/h4-5,8-11H,6-7,12H2,1-3H3. The minimum atomic E-state index is -3.81. The van der Waals surface area contributed by atoms with Crippen molar-refractivity contribution in [1.82, 2.24) is 4.31 Å². The van der Waals surface area contributed by atoms with Gasteiger partial charge >= 0.3 is 0 Å². The average molecular weight is 506 g/mol. The fourth-order valence-electron chi connectivity index (χ4n) is 3.30. The lowest BCUT2D eigenvalue weighted by Crippen LogP contribution is -2.42. The molecule has 0 aromatic heterocycles. The summed E-state index contributed by atoms with van der Waals surface area (Å²) in [4.78, 5) is 14.6. The van der Waals surface area contributed by atoms with Crippen LogP contribution in [0.1, 0.15) is 5.56 Å². The van der Waals surface area contributed by atoms with Gasteiger partial charge in [-0.15, -0.1) is 0 Å². The quantitative estimate of drug-likeness (QED) is 0.601. The van der Waals surface area contributed by atoms with E-state index in [4.69, 9.17) is 23.2 Å². The molecule has 0 saturated carbocycles. The van der Waals surface area contributed by atoms with Crippen LogP contribution in [0.4, 0.5) is 11.4 Å². The third kappa shape index (κ3) is 4.98. The molecule has 168 valence electrons. The van der Waals surface area contributed by atoms with Crippen molar-refractivity contribution in [3.05, 3.63) is 52.0 Å². The van der Waals surface area contributed by atoms with Gasteiger partial charge in [-0.25, -0.2) is 21.1 Å². The minimum absolute atomic E-state index is 0.136. The topological polar surface area (TPSA) is 95.1 Å². The Morgan fingerprint density at radius 2 is 1.65 bits per heavy atom. The lowest BCUT2D eigenvalue weighted by Gasteiger charge is -2.25. The van der Waals surface area contributed by atoms with Crippen LogP contribution in [0.15, 0.2) is 41.3 Å². The van der Waals surface area contributed by atoms with Gasteiger partial charge in [0.15, 0.2) is 0 Å². The predicted octanol–water partition coefficient (Wildman–Crippen LogP) is 2.60. The number of anilines is 2. The average Bonchev–Trinajstić information content (AvgIpc) is 3.07. The maximum absolute atomic E-state index is 13.0. The molecular formula is C19H21Cl2N3O5S2. The van der Waals surface area contributed by atoms with Crippen molar-refractivity contribution in [2.24, 2.45) is 0 Å². The smallest absolute Gasteiger partial charge is 0.247 e. The van der Waals surface area contributed by atoms with Crippen LogP contribution >= 0.6 is 23.2 Å². The number of amides is 1. The Balaban J connectivity index is 1.91. The number of benzene rings is 2. The molecule has 8 nitrogen and oxygen atoms in total. The normalized spacial score (nSPS) is 14.1. The Morgan fingerprint density at radius 3 is 2.19 bits per heavy atom. The van der Waals surface area contributed by atoms with Gasteiger partial charge in [0.05, 0.1) is 16.8 Å². The second-order valence-electron chi connectivity index (χ2n) is 7.27. The van der Waals surface area contributed by atoms with Crippen LogP contribution in [0.3, 0.4) is 0 Å². The highest BCUT2D eigenvalue weighted by Gasteiger charge is 2.30. The molecule has 0 saturated heterocycles. The molecule has 1 heterocycles. The number of carbonyl (C=O) groups excluding carboxylic acids is 1. The number of hydrogen-bond acceptors (Lipinski definition) is 5. The molecule has 0 N–H and O–H groups in total. The number of rotatable bonds is 6. The molecule has 1 amide bonds. The third-order valence-electron chi connectivity index (χ3n) is 4.84. The van der Waals surface area contributed by atoms with E-state index < -0.39 is 32.5 Å². The van der Waals surface area contributed by atoms with E-state index in [2.05, 4.69) is 0 Å². The summed E-state index contributed by atoms with van der Waals surface area (Å²) in [7, 11) is -4.52. The predicted molar refractivity (Wildman–Crippen MR) is 122 cm³/mol. The van der Waals surface area contributed by atoms with Crippen molar-refractivity contribution in [3.63, 3.8) is 0 Å². The molecular weight excluding hydrogens is 485 g/mol. The van der Waals surface area contributed by atoms with Crippen LogP contribution in [-0.2, 0) is 31.3 Å². The number of hydrogen-bond donors (Lipinski definition) is 0. The highest BCUT2D eigenvalue weighted by Crippen LogP contribution is 2.32. The number of halogens is 2. The fraction of sp³-hybridized carbons (Fsp3) is 0.316. The van der Waals surface area contributed by atoms with Crippen LogP contribution in [-0.4, -0.2) is 60.5 Å². The molecule has 0 unspecified atom stereocenters. The lowest BCUT2D eigenvalue weighted by atomic mass is 10.2. The first-order valence-electron chi connectivity index (χ1n) is 9.10. The van der Waals surface area contributed by atoms with E-state index in [0.29, 0.717) is 24.2 Å². The molecule has 12 heteroatoms. The Morgan fingerprint density at radius 1 is 1.03 bits per heavy atom. The zero-order valence-electron chi connectivity index (χ0n) is 17.0. The largest absolute Gasteiger partial charge is 0.310 e. The summed E-state index contributed by atoms with van der Waals surface area (Å²) < 4.78 is 51.5. The summed E-state index contributed by atoms with van der Waals surface area (Å²) >= 11 is 12.0. The Kier molecular flexibility index (Phi) is 6.60. The highest BCUT2D eigenvalue weighted by atomic mass is 35.5. The van der Waals surface area contributed by atoms with Crippen LogP contribution < -0.4 is 9.21 Å². The minimum Gasteiger partial charge on any atom is -0.310 e. The molecule has 0 fully saturated rings. The van der Waals surface area contributed by atoms with E-state index in [0.717, 1.165) is 14.9 Å². The van der Waals surface area contributed by atoms with E-state index in [1.165, 1.54) is 43.3 Å². The lowest BCUT2D eigenvalue weighted by molar-refractivity contribution is -0.117. The van der Waals surface area contributed by atoms with Crippen molar-refractivity contribution in [1.29, 1.82) is 0 Å². The van der Waals surface area contributed by atoms with Gasteiger partial charge in [0, 0.05) is 36.4 Å². The molecule has 1 aliphatic heterocycles. The van der Waals surface area contributed by atoms with Gasteiger partial charge in [-0.1, -0.05) is 23.2 Å². The number of sulfonamides is 2. The van der Waals surface area contributed by atoms with Crippen molar-refractivity contribution < 1.29 is 21.6 Å². The molecule has 0 aliphatic carbocycles. The summed E-state index contributed by atoms with van der Waals surface area (Å²) in [6.07, 6.45) is 1.45. The van der Waals surface area contributed by atoms with Crippen LogP contribution in [0.2, 0.25) is 10.0 Å². The fourth-order valence-corrected chi connectivity index (χ4v) is 5.60. The van der Waals surface area contributed by atoms with E-state index in [1.54, 1.807) is 12.1 Å². The van der Waals surface area contributed by atoms with Crippen molar-refractivity contribution in [3.8, 4) is 0 Å². The Labute approximate surface area is 192 Å². The first-order valence-corrected chi connectivity index (χ1v) is 13.1. The molecule has 0 atom stereocenters. The van der Waals surface area contributed by atoms with Crippen LogP contribution in [0.25, 0.3) is 0 Å². The summed E-state index contributed by atoms with van der Waals surface area (Å²) in [5.74, 6) is -0.455. The maximum atomic E-state index is 13.0. The van der Waals surface area contributed by atoms with Crippen molar-refractivity contribution >= 4 is 60.5 Å². The number of fused-ring (bicyclic) bond motifs is 1. The van der Waals surface area contributed by atoms with Crippen LogP contribution in [0.5, 0.6) is 0 Å². The second-order valence-corrected chi connectivity index (χ2v) is 12.2. The first-order chi connectivity index (χ1) is 14.3. The third-order valence-corrected chi connectivity index (χ3v) is 8.23. The molecule has 0 bridgehead atoms. The molecule has 2 aromatic rings. The molecule has 3 rings (SSSR count). The monoisotopic (exact) mass is 505 g/mol. The summed E-state index contributed by atoms with van der Waals surface area (Å²) in [6.45, 7) is -0.139. The van der Waals surface area contributed by atoms with E-state index in [-0.39, 0.29) is 20.6 Å². The number of carbonyl (C=O) groups is 1. The highest BCUT2D eigenvalue weighted by molar-refractivity contribution is 7.92. The van der Waals surface area contributed by atoms with Crippen LogP contribution in [0, 0.1) is 0 Å². The molecule has 1 aliphatic rings. The summed E-state index contributed by atoms with van der Waals surface area (Å²) in [5, 5.41) is 0.481. The van der Waals surface area contributed by atoms with Gasteiger partial charge in [0.1, 0.15) is 6.54 Å². The molecule has 2 aromatic carbocycles. The second kappa shape index (κ2) is 8.59. The van der Waals surface area contributed by atoms with Gasteiger partial charge in [0.25, 0.3) is 0 Å². The van der Waals surface area contributed by atoms with Gasteiger partial charge < -0.3 is 4.90 Å². The zero-order chi connectivity index (χ0) is 23.1. The SMILES string of the molecule is CN(C)S(=O)(=O)c1ccc2c(c1)CCN2C(=O)CN(c1cc(Cl)cc(Cl)c1)S(C)(=O)=O. The van der Waals surface area contributed by atoms with Crippen molar-refractivity contribution in [2.75, 3.05) is 42.6 Å². The van der Waals surface area contributed by atoms with Gasteiger partial charge in [0.2, 0.25) is 26.0 Å². The van der Waals surface area contributed by atoms with Gasteiger partial charge in [-0.05, 0) is 48.4 Å². The summed E-state index contributed by atoms with van der Waals surface area (Å²) in [5.41, 5.74) is 1.44. The van der Waals surface area contributed by atoms with E-state index in [1.807, 2.05) is 0 Å². The Bertz CT molecular complexity index is 1230. The summed E-state index contributed by atoms with van der Waals surface area (Å²) in [6, 6.07) is 8.84. The van der Waals surface area contributed by atoms with Crippen molar-refractivity contribution in [2.45, 2.75) is 11.3 Å². The van der Waals surface area contributed by atoms with Gasteiger partial charge in [-0.3, -0.25) is 9.10 Å². The first kappa shape index (κ1) is 23.8.